The lowest BCUT2D eigenvalue weighted by atomic mass is 10.1. The monoisotopic (exact) mass is 348 g/mol. The van der Waals surface area contributed by atoms with Gasteiger partial charge < -0.3 is 4.90 Å². The molecule has 5 nitrogen and oxygen atoms in total. The third-order valence-corrected chi connectivity index (χ3v) is 4.14. The van der Waals surface area contributed by atoms with Crippen LogP contribution in [-0.4, -0.2) is 27.5 Å². The molecular formula is C19H13ClN4O. The van der Waals surface area contributed by atoms with Crippen molar-refractivity contribution in [3.8, 4) is 0 Å². The van der Waals surface area contributed by atoms with Gasteiger partial charge in [-0.3, -0.25) is 4.79 Å². The molecule has 0 atom stereocenters. The summed E-state index contributed by atoms with van der Waals surface area (Å²) in [5, 5.41) is 0.332. The van der Waals surface area contributed by atoms with Crippen molar-refractivity contribution in [3.63, 3.8) is 0 Å². The van der Waals surface area contributed by atoms with Crippen LogP contribution in [0.4, 0.5) is 0 Å². The summed E-state index contributed by atoms with van der Waals surface area (Å²) in [5.74, 6) is 0.745. The Hall–Kier alpha value is -3.05. The summed E-state index contributed by atoms with van der Waals surface area (Å²) in [6.45, 7) is 0.672. The van der Waals surface area contributed by atoms with Gasteiger partial charge in [0.05, 0.1) is 5.56 Å². The van der Waals surface area contributed by atoms with Crippen LogP contribution < -0.4 is 0 Å². The molecule has 0 fully saturated rings. The van der Waals surface area contributed by atoms with Crippen LogP contribution in [0.5, 0.6) is 0 Å². The van der Waals surface area contributed by atoms with Gasteiger partial charge in [-0.1, -0.05) is 41.9 Å². The normalized spacial score (nSPS) is 16.9. The molecular weight excluding hydrogens is 336 g/mol. The van der Waals surface area contributed by atoms with Crippen LogP contribution in [0, 0.1) is 0 Å². The number of aliphatic imine (C=N–C) groups is 2. The van der Waals surface area contributed by atoms with Gasteiger partial charge in [-0.15, -0.1) is 0 Å². The largest absolute Gasteiger partial charge is 0.329 e. The van der Waals surface area contributed by atoms with Crippen molar-refractivity contribution < 1.29 is 4.79 Å². The lowest BCUT2D eigenvalue weighted by Gasteiger charge is -2.20. The standard InChI is InChI=1S/C19H13ClN4O/c20-16-9-8-13(11-21-16)19(25)23-18-15-6-2-1-5-14(15)12-24-10-4-3-7-17(24)22-18/h1-11H,12H2. The molecule has 0 saturated carbocycles. The average molecular weight is 349 g/mol. The molecule has 0 N–H and O–H groups in total. The highest BCUT2D eigenvalue weighted by Gasteiger charge is 2.20. The SMILES string of the molecule is O=C(N=C1N=C2C=CC=CN2Cc2ccccc21)c1ccc(Cl)nc1. The summed E-state index contributed by atoms with van der Waals surface area (Å²) in [6, 6.07) is 11.0. The second-order valence-electron chi connectivity index (χ2n) is 5.57. The maximum Gasteiger partial charge on any atom is 0.280 e. The van der Waals surface area contributed by atoms with Crippen molar-refractivity contribution in [2.75, 3.05) is 0 Å². The van der Waals surface area contributed by atoms with E-state index in [-0.39, 0.29) is 0 Å². The second kappa shape index (κ2) is 6.45. The Bertz CT molecular complexity index is 958. The van der Waals surface area contributed by atoms with Crippen molar-refractivity contribution in [1.29, 1.82) is 0 Å². The van der Waals surface area contributed by atoms with Crippen molar-refractivity contribution >= 4 is 29.2 Å². The molecule has 0 aliphatic carbocycles. The van der Waals surface area contributed by atoms with Gasteiger partial charge in [0, 0.05) is 24.5 Å². The fourth-order valence-corrected chi connectivity index (χ4v) is 2.79. The van der Waals surface area contributed by atoms with Crippen LogP contribution in [-0.2, 0) is 6.54 Å². The third kappa shape index (κ3) is 3.14. The molecule has 2 aromatic rings. The van der Waals surface area contributed by atoms with E-state index in [0.29, 0.717) is 23.1 Å². The molecule has 4 rings (SSSR count). The van der Waals surface area contributed by atoms with Crippen LogP contribution in [0.1, 0.15) is 21.5 Å². The molecule has 0 unspecified atom stereocenters. The van der Waals surface area contributed by atoms with Crippen LogP contribution in [0.3, 0.4) is 0 Å². The molecule has 2 aliphatic heterocycles. The van der Waals surface area contributed by atoms with E-state index in [2.05, 4.69) is 15.0 Å². The number of hydrogen-bond donors (Lipinski definition) is 0. The van der Waals surface area contributed by atoms with Crippen molar-refractivity contribution in [2.45, 2.75) is 6.54 Å². The summed E-state index contributed by atoms with van der Waals surface area (Å²) in [5.41, 5.74) is 2.28. The summed E-state index contributed by atoms with van der Waals surface area (Å²) < 4.78 is 0. The number of rotatable bonds is 1. The minimum atomic E-state index is -0.401. The van der Waals surface area contributed by atoms with Gasteiger partial charge in [0.2, 0.25) is 0 Å². The van der Waals surface area contributed by atoms with Crippen molar-refractivity contribution in [1.82, 2.24) is 9.88 Å². The summed E-state index contributed by atoms with van der Waals surface area (Å²) in [6.07, 6.45) is 9.14. The Labute approximate surface area is 149 Å². The third-order valence-electron chi connectivity index (χ3n) is 3.92. The maximum absolute atomic E-state index is 12.5. The molecule has 0 saturated heterocycles. The smallest absolute Gasteiger partial charge is 0.280 e. The van der Waals surface area contributed by atoms with E-state index < -0.39 is 5.91 Å². The lowest BCUT2D eigenvalue weighted by molar-refractivity contribution is 0.100. The van der Waals surface area contributed by atoms with E-state index in [9.17, 15) is 4.79 Å². The molecule has 25 heavy (non-hydrogen) atoms. The van der Waals surface area contributed by atoms with E-state index in [1.54, 1.807) is 12.1 Å². The zero-order valence-electron chi connectivity index (χ0n) is 13.1. The number of allylic oxidation sites excluding steroid dienone is 2. The number of amides is 1. The number of carbonyl (C=O) groups excluding carboxylic acids is 1. The molecule has 1 aromatic heterocycles. The van der Waals surface area contributed by atoms with Gasteiger partial charge >= 0.3 is 0 Å². The van der Waals surface area contributed by atoms with Gasteiger partial charge in [-0.2, -0.15) is 4.99 Å². The molecule has 0 radical (unpaired) electrons. The Balaban J connectivity index is 1.80. The number of amidine groups is 2. The van der Waals surface area contributed by atoms with Crippen LogP contribution in [0.25, 0.3) is 0 Å². The maximum atomic E-state index is 12.5. The number of aromatic nitrogens is 1. The molecule has 1 aromatic carbocycles. The first-order chi connectivity index (χ1) is 12.2. The predicted octanol–water partition coefficient (Wildman–Crippen LogP) is 3.62. The number of fused-ring (bicyclic) bond motifs is 2. The number of hydrogen-bond acceptors (Lipinski definition) is 3. The molecule has 2 aliphatic rings. The second-order valence-corrected chi connectivity index (χ2v) is 5.95. The van der Waals surface area contributed by atoms with Gasteiger partial charge in [0.1, 0.15) is 11.0 Å². The first-order valence-corrected chi connectivity index (χ1v) is 8.11. The van der Waals surface area contributed by atoms with Crippen LogP contribution in [0.15, 0.2) is 77.0 Å². The summed E-state index contributed by atoms with van der Waals surface area (Å²) in [4.78, 5) is 27.3. The van der Waals surface area contributed by atoms with Gasteiger partial charge in [0.25, 0.3) is 5.91 Å². The molecule has 0 spiro atoms. The Morgan fingerprint density at radius 1 is 1.16 bits per heavy atom. The van der Waals surface area contributed by atoms with Crippen molar-refractivity contribution in [3.05, 3.63) is 88.9 Å². The zero-order chi connectivity index (χ0) is 17.2. The zero-order valence-corrected chi connectivity index (χ0v) is 13.9. The Morgan fingerprint density at radius 3 is 2.88 bits per heavy atom. The Morgan fingerprint density at radius 2 is 2.04 bits per heavy atom. The molecule has 122 valence electrons. The van der Waals surface area contributed by atoms with E-state index in [0.717, 1.165) is 17.0 Å². The first kappa shape index (κ1) is 15.5. The number of carbonyl (C=O) groups is 1. The summed E-state index contributed by atoms with van der Waals surface area (Å²) >= 11 is 5.77. The molecule has 3 heterocycles. The highest BCUT2D eigenvalue weighted by molar-refractivity contribution is 6.29. The highest BCUT2D eigenvalue weighted by atomic mass is 35.5. The number of halogens is 1. The number of pyridine rings is 1. The quantitative estimate of drug-likeness (QED) is 0.739. The topological polar surface area (TPSA) is 57.9 Å². The van der Waals surface area contributed by atoms with Gasteiger partial charge in [-0.05, 0) is 29.8 Å². The van der Waals surface area contributed by atoms with Crippen molar-refractivity contribution in [2.24, 2.45) is 9.98 Å². The van der Waals surface area contributed by atoms with E-state index >= 15 is 0 Å². The minimum absolute atomic E-state index is 0.332. The highest BCUT2D eigenvalue weighted by Crippen LogP contribution is 2.21. The predicted molar refractivity (Wildman–Crippen MR) is 97.8 cm³/mol. The first-order valence-electron chi connectivity index (χ1n) is 7.74. The fraction of sp³-hybridized carbons (Fsp3) is 0.0526. The number of nitrogens with zero attached hydrogens (tertiary/aromatic N) is 4. The molecule has 0 bridgehead atoms. The summed E-state index contributed by atoms with van der Waals surface area (Å²) in [7, 11) is 0. The van der Waals surface area contributed by atoms with Gasteiger partial charge in [-0.25, -0.2) is 9.98 Å². The van der Waals surface area contributed by atoms with Gasteiger partial charge in [0.15, 0.2) is 5.84 Å². The van der Waals surface area contributed by atoms with Crippen LogP contribution in [0.2, 0.25) is 5.15 Å². The molecule has 1 amide bonds. The lowest BCUT2D eigenvalue weighted by Crippen LogP contribution is -2.24. The fourth-order valence-electron chi connectivity index (χ4n) is 2.68. The minimum Gasteiger partial charge on any atom is -0.329 e. The van der Waals surface area contributed by atoms with E-state index in [4.69, 9.17) is 11.6 Å². The molecule has 6 heteroatoms. The Kier molecular flexibility index (Phi) is 3.99. The van der Waals surface area contributed by atoms with E-state index in [1.165, 1.54) is 6.20 Å². The van der Waals surface area contributed by atoms with Crippen LogP contribution >= 0.6 is 11.6 Å². The van der Waals surface area contributed by atoms with E-state index in [1.807, 2.05) is 53.6 Å². The average Bonchev–Trinajstić information content (AvgIpc) is 2.79. The number of benzene rings is 1.